The number of rotatable bonds is 4. The first kappa shape index (κ1) is 14.1. The first-order valence-electron chi connectivity index (χ1n) is 6.08. The van der Waals surface area contributed by atoms with Crippen LogP contribution in [-0.4, -0.2) is 28.6 Å². The molecule has 7 nitrogen and oxygen atoms in total. The second kappa shape index (κ2) is 5.53. The van der Waals surface area contributed by atoms with Crippen molar-refractivity contribution in [2.24, 2.45) is 0 Å². The molecule has 3 rings (SSSR count). The summed E-state index contributed by atoms with van der Waals surface area (Å²) in [6.45, 7) is 0. The molecule has 9 heteroatoms. The van der Waals surface area contributed by atoms with E-state index in [1.165, 1.54) is 23.1 Å². The number of hydrogen-bond acceptors (Lipinski definition) is 6. The van der Waals surface area contributed by atoms with Gasteiger partial charge in [-0.15, -0.1) is 5.10 Å². The summed E-state index contributed by atoms with van der Waals surface area (Å²) in [7, 11) is -4.04. The summed E-state index contributed by atoms with van der Waals surface area (Å²) >= 11 is 0. The van der Waals surface area contributed by atoms with Crippen LogP contribution in [0.5, 0.6) is 5.75 Å². The summed E-state index contributed by atoms with van der Waals surface area (Å²) in [5, 5.41) is 10.7. The molecule has 1 heterocycles. The lowest BCUT2D eigenvalue weighted by Gasteiger charge is -2.08. The molecule has 0 atom stereocenters. The van der Waals surface area contributed by atoms with Gasteiger partial charge in [0, 0.05) is 6.07 Å². The molecule has 0 bridgehead atoms. The molecule has 112 valence electrons. The average molecular weight is 320 g/mol. The van der Waals surface area contributed by atoms with Crippen molar-refractivity contribution in [3.63, 3.8) is 0 Å². The van der Waals surface area contributed by atoms with Crippen LogP contribution in [0.1, 0.15) is 0 Å². The van der Waals surface area contributed by atoms with Gasteiger partial charge in [-0.1, -0.05) is 6.07 Å². The summed E-state index contributed by atoms with van der Waals surface area (Å²) in [5.74, 6) is -0.433. The molecule has 0 N–H and O–H groups in total. The van der Waals surface area contributed by atoms with Crippen LogP contribution in [0.3, 0.4) is 0 Å². The Labute approximate surface area is 125 Å². The Morgan fingerprint density at radius 2 is 1.86 bits per heavy atom. The minimum Gasteiger partial charge on any atom is -0.379 e. The van der Waals surface area contributed by atoms with Crippen molar-refractivity contribution in [3.8, 4) is 11.4 Å². The number of tetrazole rings is 1. The zero-order valence-electron chi connectivity index (χ0n) is 11.0. The first-order chi connectivity index (χ1) is 10.5. The third kappa shape index (κ3) is 2.93. The molecule has 0 spiro atoms. The van der Waals surface area contributed by atoms with Crippen LogP contribution in [0.4, 0.5) is 4.39 Å². The fourth-order valence-corrected chi connectivity index (χ4v) is 2.66. The van der Waals surface area contributed by atoms with E-state index >= 15 is 0 Å². The van der Waals surface area contributed by atoms with Crippen molar-refractivity contribution < 1.29 is 17.0 Å². The van der Waals surface area contributed by atoms with Crippen molar-refractivity contribution in [3.05, 3.63) is 60.7 Å². The van der Waals surface area contributed by atoms with Crippen molar-refractivity contribution >= 4 is 10.1 Å². The molecule has 2 aromatic carbocycles. The van der Waals surface area contributed by atoms with E-state index in [4.69, 9.17) is 4.18 Å². The molecule has 0 radical (unpaired) electrons. The van der Waals surface area contributed by atoms with Crippen LogP contribution in [0.2, 0.25) is 0 Å². The van der Waals surface area contributed by atoms with Gasteiger partial charge in [-0.05, 0) is 46.8 Å². The number of nitrogens with zero attached hydrogens (tertiary/aromatic N) is 4. The fourth-order valence-electron chi connectivity index (χ4n) is 1.73. The number of benzene rings is 2. The molecule has 0 fully saturated rings. The number of halogens is 1. The van der Waals surface area contributed by atoms with E-state index in [-0.39, 0.29) is 10.6 Å². The first-order valence-corrected chi connectivity index (χ1v) is 7.49. The zero-order valence-corrected chi connectivity index (χ0v) is 11.8. The van der Waals surface area contributed by atoms with Gasteiger partial charge in [0.05, 0.1) is 5.69 Å². The molecule has 0 aliphatic heterocycles. The molecule has 3 aromatic rings. The minimum atomic E-state index is -4.04. The molecule has 0 aliphatic rings. The fraction of sp³-hybridized carbons (Fsp3) is 0. The lowest BCUT2D eigenvalue weighted by atomic mass is 10.3. The summed E-state index contributed by atoms with van der Waals surface area (Å²) in [6.07, 6.45) is 1.37. The zero-order chi connectivity index (χ0) is 15.6. The van der Waals surface area contributed by atoms with Gasteiger partial charge in [-0.25, -0.2) is 9.07 Å². The van der Waals surface area contributed by atoms with Crippen LogP contribution in [-0.2, 0) is 10.1 Å². The standard InChI is InChI=1S/C13H9FN4O3S/c14-10-4-6-13(7-5-10)22(19,20)21-12-3-1-2-11(8-12)18-9-15-16-17-18/h1-9H. The predicted molar refractivity (Wildman–Crippen MR) is 73.4 cm³/mol. The monoisotopic (exact) mass is 320 g/mol. The summed E-state index contributed by atoms with van der Waals surface area (Å²) in [6, 6.07) is 10.6. The molecule has 0 amide bonds. The summed E-state index contributed by atoms with van der Waals surface area (Å²) in [5.41, 5.74) is 0.539. The van der Waals surface area contributed by atoms with E-state index in [0.717, 1.165) is 24.3 Å². The van der Waals surface area contributed by atoms with E-state index in [2.05, 4.69) is 15.5 Å². The Kier molecular flexibility index (Phi) is 3.55. The third-order valence-corrected chi connectivity index (χ3v) is 4.00. The molecule has 0 aliphatic carbocycles. The highest BCUT2D eigenvalue weighted by Gasteiger charge is 2.17. The van der Waals surface area contributed by atoms with Crippen molar-refractivity contribution in [1.29, 1.82) is 0 Å². The largest absolute Gasteiger partial charge is 0.379 e. The maximum atomic E-state index is 12.9. The lowest BCUT2D eigenvalue weighted by molar-refractivity contribution is 0.485. The Morgan fingerprint density at radius 1 is 1.09 bits per heavy atom. The maximum Gasteiger partial charge on any atom is 0.339 e. The molecular formula is C13H9FN4O3S. The van der Waals surface area contributed by atoms with E-state index in [1.54, 1.807) is 12.1 Å². The lowest BCUT2D eigenvalue weighted by Crippen LogP contribution is -2.10. The Morgan fingerprint density at radius 3 is 2.55 bits per heavy atom. The topological polar surface area (TPSA) is 87.0 Å². The smallest absolute Gasteiger partial charge is 0.339 e. The van der Waals surface area contributed by atoms with Crippen molar-refractivity contribution in [2.45, 2.75) is 4.90 Å². The second-order valence-corrected chi connectivity index (χ2v) is 5.79. The molecule has 0 unspecified atom stereocenters. The number of aromatic nitrogens is 4. The van der Waals surface area contributed by atoms with Gasteiger partial charge in [0.25, 0.3) is 0 Å². The molecule has 0 saturated heterocycles. The van der Waals surface area contributed by atoms with Crippen LogP contribution < -0.4 is 4.18 Å². The highest BCUT2D eigenvalue weighted by Crippen LogP contribution is 2.21. The molecular weight excluding hydrogens is 311 g/mol. The Hall–Kier alpha value is -2.81. The highest BCUT2D eigenvalue weighted by molar-refractivity contribution is 7.87. The van der Waals surface area contributed by atoms with E-state index in [1.807, 2.05) is 0 Å². The second-order valence-electron chi connectivity index (χ2n) is 4.24. The molecule has 0 saturated carbocycles. The minimum absolute atomic E-state index is 0.0947. The molecule has 22 heavy (non-hydrogen) atoms. The SMILES string of the molecule is O=S(=O)(Oc1cccc(-n2cnnn2)c1)c1ccc(F)cc1. The van der Waals surface area contributed by atoms with Crippen LogP contribution in [0.25, 0.3) is 5.69 Å². The quantitative estimate of drug-likeness (QED) is 0.678. The van der Waals surface area contributed by atoms with E-state index in [9.17, 15) is 12.8 Å². The van der Waals surface area contributed by atoms with Gasteiger partial charge >= 0.3 is 10.1 Å². The van der Waals surface area contributed by atoms with Gasteiger partial charge in [0.15, 0.2) is 0 Å². The molecule has 1 aromatic heterocycles. The van der Waals surface area contributed by atoms with Crippen LogP contribution in [0, 0.1) is 5.82 Å². The van der Waals surface area contributed by atoms with Crippen LogP contribution in [0.15, 0.2) is 59.8 Å². The van der Waals surface area contributed by atoms with Gasteiger partial charge in [0.1, 0.15) is 22.8 Å². The predicted octanol–water partition coefficient (Wildman–Crippen LogP) is 1.57. The van der Waals surface area contributed by atoms with Crippen molar-refractivity contribution in [1.82, 2.24) is 20.2 Å². The summed E-state index contributed by atoms with van der Waals surface area (Å²) < 4.78 is 43.5. The van der Waals surface area contributed by atoms with E-state index in [0.29, 0.717) is 5.69 Å². The Bertz CT molecular complexity index is 880. The van der Waals surface area contributed by atoms with Gasteiger partial charge in [-0.2, -0.15) is 8.42 Å². The van der Waals surface area contributed by atoms with Gasteiger partial charge in [0.2, 0.25) is 0 Å². The van der Waals surface area contributed by atoms with Gasteiger partial charge < -0.3 is 4.18 Å². The highest BCUT2D eigenvalue weighted by atomic mass is 32.2. The van der Waals surface area contributed by atoms with Crippen molar-refractivity contribution in [2.75, 3.05) is 0 Å². The number of hydrogen-bond donors (Lipinski definition) is 0. The maximum absolute atomic E-state index is 12.9. The summed E-state index contributed by atoms with van der Waals surface area (Å²) in [4.78, 5) is -0.137. The average Bonchev–Trinajstić information content (AvgIpc) is 3.02. The third-order valence-electron chi connectivity index (χ3n) is 2.74. The Balaban J connectivity index is 1.89. The van der Waals surface area contributed by atoms with Gasteiger partial charge in [-0.3, -0.25) is 0 Å². The normalized spacial score (nSPS) is 11.3. The van der Waals surface area contributed by atoms with E-state index < -0.39 is 15.9 Å². The van der Waals surface area contributed by atoms with Crippen LogP contribution >= 0.6 is 0 Å².